The van der Waals surface area contributed by atoms with Crippen molar-refractivity contribution in [3.05, 3.63) is 53.1 Å². The fourth-order valence-corrected chi connectivity index (χ4v) is 1.91. The molecule has 2 aromatic rings. The molecule has 2 rings (SSSR count). The normalized spacial score (nSPS) is 10.5. The van der Waals surface area contributed by atoms with Gasteiger partial charge in [-0.2, -0.15) is 0 Å². The van der Waals surface area contributed by atoms with Crippen molar-refractivity contribution in [2.24, 2.45) is 5.73 Å². The predicted octanol–water partition coefficient (Wildman–Crippen LogP) is 2.18. The lowest BCUT2D eigenvalue weighted by molar-refractivity contribution is 0.757. The van der Waals surface area contributed by atoms with Gasteiger partial charge in [-0.25, -0.2) is 4.98 Å². The van der Waals surface area contributed by atoms with Crippen LogP contribution in [0.2, 0.25) is 0 Å². The Morgan fingerprint density at radius 3 is 2.71 bits per heavy atom. The third-order valence-corrected chi connectivity index (χ3v) is 3.13. The average molecular weight is 245 g/mol. The smallest absolute Gasteiger partial charge is 0.105 e. The third-order valence-electron chi connectivity index (χ3n) is 2.89. The molecule has 0 aliphatic carbocycles. The molecule has 1 aromatic carbocycles. The minimum atomic E-state index is 0.443. The van der Waals surface area contributed by atoms with Gasteiger partial charge in [0.25, 0.3) is 0 Å². The number of hydrogen-bond donors (Lipinski definition) is 1. The molecule has 3 nitrogen and oxygen atoms in total. The van der Waals surface area contributed by atoms with Crippen molar-refractivity contribution in [2.75, 3.05) is 0 Å². The summed E-state index contributed by atoms with van der Waals surface area (Å²) < 4.78 is 2.11. The maximum atomic E-state index is 5.61. The number of aromatic nitrogens is 2. The van der Waals surface area contributed by atoms with Crippen LogP contribution < -0.4 is 5.73 Å². The number of nitrogens with two attached hydrogens (primary N) is 1. The molecule has 2 N–H and O–H groups in total. The Bertz CT molecular complexity index is 558. The van der Waals surface area contributed by atoms with Gasteiger partial charge in [0.05, 0.1) is 0 Å². The number of rotatable bonds is 3. The van der Waals surface area contributed by atoms with E-state index in [1.807, 2.05) is 31.5 Å². The quantitative estimate of drug-likeness (QED) is 0.843. The van der Waals surface area contributed by atoms with Crippen molar-refractivity contribution in [1.82, 2.24) is 9.55 Å². The van der Waals surface area contributed by atoms with E-state index < -0.39 is 0 Å². The number of benzene rings is 1. The molecule has 0 saturated carbocycles. The van der Waals surface area contributed by atoms with Crippen LogP contribution in [0.15, 0.2) is 30.6 Å². The molecule has 0 atom stereocenters. The SMILES string of the molecule is Cc1cc(C(N)=S)ccc1Cn1ccnc1C. The molecule has 0 bridgehead atoms. The molecule has 0 radical (unpaired) electrons. The van der Waals surface area contributed by atoms with Crippen LogP contribution in [0.4, 0.5) is 0 Å². The predicted molar refractivity (Wildman–Crippen MR) is 73.1 cm³/mol. The second-order valence-corrected chi connectivity index (χ2v) is 4.55. The van der Waals surface area contributed by atoms with E-state index in [4.69, 9.17) is 18.0 Å². The molecule has 0 unspecified atom stereocenters. The van der Waals surface area contributed by atoms with Crippen LogP contribution in [0.25, 0.3) is 0 Å². The van der Waals surface area contributed by atoms with Crippen molar-refractivity contribution in [1.29, 1.82) is 0 Å². The van der Waals surface area contributed by atoms with Gasteiger partial charge in [-0.15, -0.1) is 0 Å². The molecule has 0 amide bonds. The molecule has 4 heteroatoms. The number of aryl methyl sites for hydroxylation is 2. The third kappa shape index (κ3) is 2.53. The summed E-state index contributed by atoms with van der Waals surface area (Å²) in [4.78, 5) is 4.65. The lowest BCUT2D eigenvalue weighted by Gasteiger charge is -2.10. The van der Waals surface area contributed by atoms with Crippen molar-refractivity contribution < 1.29 is 0 Å². The first kappa shape index (κ1) is 11.8. The van der Waals surface area contributed by atoms with E-state index in [-0.39, 0.29) is 0 Å². The average Bonchev–Trinajstić information content (AvgIpc) is 2.67. The highest BCUT2D eigenvalue weighted by atomic mass is 32.1. The van der Waals surface area contributed by atoms with Crippen LogP contribution in [0.3, 0.4) is 0 Å². The summed E-state index contributed by atoms with van der Waals surface area (Å²) in [5, 5.41) is 0. The van der Waals surface area contributed by atoms with Gasteiger partial charge >= 0.3 is 0 Å². The molecule has 1 heterocycles. The van der Waals surface area contributed by atoms with E-state index in [1.54, 1.807) is 0 Å². The standard InChI is InChI=1S/C13H15N3S/c1-9-7-11(13(14)17)3-4-12(9)8-16-6-5-15-10(16)2/h3-7H,8H2,1-2H3,(H2,14,17). The first-order valence-corrected chi connectivity index (χ1v) is 5.86. The van der Waals surface area contributed by atoms with Gasteiger partial charge in [-0.1, -0.05) is 24.4 Å². The zero-order valence-corrected chi connectivity index (χ0v) is 10.8. The van der Waals surface area contributed by atoms with E-state index in [0.29, 0.717) is 4.99 Å². The lowest BCUT2D eigenvalue weighted by atomic mass is 10.0. The van der Waals surface area contributed by atoms with E-state index in [2.05, 4.69) is 22.5 Å². The zero-order valence-electron chi connectivity index (χ0n) is 9.97. The number of thiocarbonyl (C=S) groups is 1. The molecular weight excluding hydrogens is 230 g/mol. The van der Waals surface area contributed by atoms with Gasteiger partial charge in [0.15, 0.2) is 0 Å². The summed E-state index contributed by atoms with van der Waals surface area (Å²) in [5.41, 5.74) is 8.98. The van der Waals surface area contributed by atoms with Crippen molar-refractivity contribution >= 4 is 17.2 Å². The highest BCUT2D eigenvalue weighted by molar-refractivity contribution is 7.80. The van der Waals surface area contributed by atoms with Crippen LogP contribution in [0.5, 0.6) is 0 Å². The van der Waals surface area contributed by atoms with Gasteiger partial charge < -0.3 is 10.3 Å². The fraction of sp³-hybridized carbons (Fsp3) is 0.231. The number of nitrogens with zero attached hydrogens (tertiary/aromatic N) is 2. The minimum absolute atomic E-state index is 0.443. The maximum absolute atomic E-state index is 5.61. The number of hydrogen-bond acceptors (Lipinski definition) is 2. The van der Waals surface area contributed by atoms with Gasteiger partial charge in [0.2, 0.25) is 0 Å². The first-order chi connectivity index (χ1) is 8.08. The second-order valence-electron chi connectivity index (χ2n) is 4.11. The van der Waals surface area contributed by atoms with Crippen molar-refractivity contribution in [3.8, 4) is 0 Å². The maximum Gasteiger partial charge on any atom is 0.105 e. The Morgan fingerprint density at radius 2 is 2.18 bits per heavy atom. The first-order valence-electron chi connectivity index (χ1n) is 5.45. The fourth-order valence-electron chi connectivity index (χ4n) is 1.78. The molecule has 0 spiro atoms. The molecule has 0 aliphatic heterocycles. The monoisotopic (exact) mass is 245 g/mol. The summed E-state index contributed by atoms with van der Waals surface area (Å²) in [6.45, 7) is 4.90. The zero-order chi connectivity index (χ0) is 12.4. The van der Waals surface area contributed by atoms with E-state index in [9.17, 15) is 0 Å². The molecule has 17 heavy (non-hydrogen) atoms. The summed E-state index contributed by atoms with van der Waals surface area (Å²) in [5.74, 6) is 1.02. The molecule has 0 aliphatic rings. The molecule has 0 saturated heterocycles. The minimum Gasteiger partial charge on any atom is -0.389 e. The van der Waals surface area contributed by atoms with Crippen LogP contribution in [-0.2, 0) is 6.54 Å². The highest BCUT2D eigenvalue weighted by Crippen LogP contribution is 2.13. The summed E-state index contributed by atoms with van der Waals surface area (Å²) in [6, 6.07) is 6.07. The van der Waals surface area contributed by atoms with Crippen LogP contribution in [0, 0.1) is 13.8 Å². The van der Waals surface area contributed by atoms with Gasteiger partial charge in [0, 0.05) is 24.5 Å². The Kier molecular flexibility index (Phi) is 3.24. The summed E-state index contributed by atoms with van der Waals surface area (Å²) in [7, 11) is 0. The van der Waals surface area contributed by atoms with E-state index >= 15 is 0 Å². The van der Waals surface area contributed by atoms with Crippen LogP contribution in [0.1, 0.15) is 22.5 Å². The summed E-state index contributed by atoms with van der Waals surface area (Å²) >= 11 is 4.96. The Hall–Kier alpha value is -1.68. The Balaban J connectivity index is 2.29. The molecule has 88 valence electrons. The van der Waals surface area contributed by atoms with Crippen LogP contribution in [-0.4, -0.2) is 14.5 Å². The van der Waals surface area contributed by atoms with E-state index in [0.717, 1.165) is 17.9 Å². The molecule has 0 fully saturated rings. The molecule has 1 aromatic heterocycles. The second kappa shape index (κ2) is 4.67. The number of imidazole rings is 1. The molecular formula is C13H15N3S. The summed E-state index contributed by atoms with van der Waals surface area (Å²) in [6.07, 6.45) is 3.80. The van der Waals surface area contributed by atoms with Crippen LogP contribution >= 0.6 is 12.2 Å². The van der Waals surface area contributed by atoms with Crippen molar-refractivity contribution in [2.45, 2.75) is 20.4 Å². The lowest BCUT2D eigenvalue weighted by Crippen LogP contribution is -2.10. The van der Waals surface area contributed by atoms with E-state index in [1.165, 1.54) is 11.1 Å². The topological polar surface area (TPSA) is 43.8 Å². The van der Waals surface area contributed by atoms with Gasteiger partial charge in [0.1, 0.15) is 10.8 Å². The Morgan fingerprint density at radius 1 is 1.41 bits per heavy atom. The van der Waals surface area contributed by atoms with Gasteiger partial charge in [-0.3, -0.25) is 0 Å². The van der Waals surface area contributed by atoms with Crippen molar-refractivity contribution in [3.63, 3.8) is 0 Å². The Labute approximate surface area is 106 Å². The van der Waals surface area contributed by atoms with Gasteiger partial charge in [-0.05, 0) is 31.0 Å². The largest absolute Gasteiger partial charge is 0.389 e. The highest BCUT2D eigenvalue weighted by Gasteiger charge is 2.04.